The number of nitrogens with two attached hydrogens (primary N) is 1. The molecule has 1 aromatic carbocycles. The smallest absolute Gasteiger partial charge is 0.295 e. The largest absolute Gasteiger partial charge is 0.424 e. The van der Waals surface area contributed by atoms with Gasteiger partial charge >= 0.3 is 0 Å². The fraction of sp³-hybridized carbons (Fsp3) is 0.417. The highest BCUT2D eigenvalue weighted by molar-refractivity contribution is 5.78. The molecule has 0 aliphatic heterocycles. The van der Waals surface area contributed by atoms with E-state index in [0.717, 1.165) is 17.0 Å². The molecule has 2 aromatic rings. The molecule has 84 valence electrons. The minimum atomic E-state index is 0.514. The number of nitrogens with zero attached hydrogens (tertiary/aromatic N) is 1. The average molecular weight is 217 g/mol. The number of nitrogen functional groups attached to an aromatic ring is 1. The van der Waals surface area contributed by atoms with Gasteiger partial charge in [0.25, 0.3) is 6.01 Å². The minimum Gasteiger partial charge on any atom is -0.424 e. The molecule has 0 unspecified atom stereocenters. The molecule has 0 amide bonds. The van der Waals surface area contributed by atoms with Gasteiger partial charge in [-0.1, -0.05) is 6.92 Å². The summed E-state index contributed by atoms with van der Waals surface area (Å²) in [5.41, 5.74) is 8.00. The Morgan fingerprint density at radius 3 is 3.00 bits per heavy atom. The molecule has 1 saturated carbocycles. The number of anilines is 2. The third-order valence-electron chi connectivity index (χ3n) is 3.11. The van der Waals surface area contributed by atoms with Gasteiger partial charge in [-0.3, -0.25) is 0 Å². The molecule has 1 aliphatic rings. The minimum absolute atomic E-state index is 0.514. The van der Waals surface area contributed by atoms with Gasteiger partial charge in [0.2, 0.25) is 0 Å². The van der Waals surface area contributed by atoms with Crippen molar-refractivity contribution in [1.29, 1.82) is 0 Å². The van der Waals surface area contributed by atoms with Gasteiger partial charge in [0, 0.05) is 11.7 Å². The molecule has 1 heterocycles. The van der Waals surface area contributed by atoms with Crippen LogP contribution in [-0.4, -0.2) is 11.0 Å². The first-order chi connectivity index (χ1) is 7.70. The van der Waals surface area contributed by atoms with Gasteiger partial charge in [0.15, 0.2) is 5.58 Å². The SMILES string of the molecule is CC1CC(Nc2nc3cc(N)ccc3o2)C1. The quantitative estimate of drug-likeness (QED) is 0.759. The van der Waals surface area contributed by atoms with Gasteiger partial charge < -0.3 is 15.5 Å². The van der Waals surface area contributed by atoms with Gasteiger partial charge in [0.05, 0.1) is 0 Å². The lowest BCUT2D eigenvalue weighted by Crippen LogP contribution is -2.33. The zero-order chi connectivity index (χ0) is 11.1. The van der Waals surface area contributed by atoms with Crippen molar-refractivity contribution < 1.29 is 4.42 Å². The second-order valence-electron chi connectivity index (χ2n) is 4.66. The van der Waals surface area contributed by atoms with E-state index in [4.69, 9.17) is 10.2 Å². The van der Waals surface area contributed by atoms with Crippen LogP contribution in [0.4, 0.5) is 11.7 Å². The molecule has 3 rings (SSSR count). The van der Waals surface area contributed by atoms with Gasteiger partial charge in [0.1, 0.15) is 5.52 Å². The summed E-state index contributed by atoms with van der Waals surface area (Å²) < 4.78 is 5.59. The Bertz CT molecular complexity index is 514. The van der Waals surface area contributed by atoms with Crippen LogP contribution in [0.1, 0.15) is 19.8 Å². The molecule has 1 fully saturated rings. The summed E-state index contributed by atoms with van der Waals surface area (Å²) in [6.07, 6.45) is 2.39. The van der Waals surface area contributed by atoms with Gasteiger partial charge in [-0.2, -0.15) is 4.98 Å². The van der Waals surface area contributed by atoms with Crippen LogP contribution in [0.5, 0.6) is 0 Å². The lowest BCUT2D eigenvalue weighted by molar-refractivity contribution is 0.304. The number of fused-ring (bicyclic) bond motifs is 1. The third-order valence-corrected chi connectivity index (χ3v) is 3.11. The predicted octanol–water partition coefficient (Wildman–Crippen LogP) is 2.62. The maximum atomic E-state index is 5.69. The second-order valence-corrected chi connectivity index (χ2v) is 4.66. The second kappa shape index (κ2) is 3.40. The van der Waals surface area contributed by atoms with E-state index in [2.05, 4.69) is 17.2 Å². The number of nitrogens with one attached hydrogen (secondary N) is 1. The fourth-order valence-corrected chi connectivity index (χ4v) is 2.20. The van der Waals surface area contributed by atoms with Crippen molar-refractivity contribution in [3.63, 3.8) is 0 Å². The molecule has 0 spiro atoms. The maximum absolute atomic E-state index is 5.69. The first kappa shape index (κ1) is 9.51. The van der Waals surface area contributed by atoms with Crippen LogP contribution in [0, 0.1) is 5.92 Å². The molecule has 1 aliphatic carbocycles. The van der Waals surface area contributed by atoms with Crippen molar-refractivity contribution in [2.24, 2.45) is 5.92 Å². The van der Waals surface area contributed by atoms with E-state index >= 15 is 0 Å². The Labute approximate surface area is 93.8 Å². The normalized spacial score (nSPS) is 24.3. The summed E-state index contributed by atoms with van der Waals surface area (Å²) in [7, 11) is 0. The van der Waals surface area contributed by atoms with Crippen molar-refractivity contribution >= 4 is 22.8 Å². The Morgan fingerprint density at radius 2 is 2.25 bits per heavy atom. The highest BCUT2D eigenvalue weighted by Gasteiger charge is 2.26. The summed E-state index contributed by atoms with van der Waals surface area (Å²) >= 11 is 0. The molecule has 0 atom stereocenters. The molecule has 0 bridgehead atoms. The van der Waals surface area contributed by atoms with Crippen molar-refractivity contribution in [3.05, 3.63) is 18.2 Å². The Kier molecular flexibility index (Phi) is 2.02. The predicted molar refractivity (Wildman–Crippen MR) is 64.2 cm³/mol. The van der Waals surface area contributed by atoms with E-state index in [1.54, 1.807) is 0 Å². The summed E-state index contributed by atoms with van der Waals surface area (Å²) in [5, 5.41) is 3.30. The lowest BCUT2D eigenvalue weighted by Gasteiger charge is -2.32. The van der Waals surface area contributed by atoms with Crippen LogP contribution in [0.3, 0.4) is 0 Å². The third kappa shape index (κ3) is 1.60. The molecular formula is C12H15N3O. The van der Waals surface area contributed by atoms with Gasteiger partial charge in [-0.15, -0.1) is 0 Å². The number of aromatic nitrogens is 1. The highest BCUT2D eigenvalue weighted by atomic mass is 16.4. The standard InChI is InChI=1S/C12H15N3O/c1-7-4-9(5-7)14-12-15-10-6-8(13)2-3-11(10)16-12/h2-3,6-7,9H,4-5,13H2,1H3,(H,14,15). The Hall–Kier alpha value is -1.71. The summed E-state index contributed by atoms with van der Waals surface area (Å²) in [5.74, 6) is 0.817. The van der Waals surface area contributed by atoms with Crippen molar-refractivity contribution in [2.45, 2.75) is 25.8 Å². The van der Waals surface area contributed by atoms with Crippen LogP contribution in [0.15, 0.2) is 22.6 Å². The zero-order valence-electron chi connectivity index (χ0n) is 9.23. The van der Waals surface area contributed by atoms with Crippen molar-refractivity contribution in [3.8, 4) is 0 Å². The number of rotatable bonds is 2. The number of hydrogen-bond donors (Lipinski definition) is 2. The first-order valence-electron chi connectivity index (χ1n) is 5.63. The molecule has 4 heteroatoms. The van der Waals surface area contributed by atoms with Crippen molar-refractivity contribution in [2.75, 3.05) is 11.1 Å². The average Bonchev–Trinajstić information content (AvgIpc) is 2.57. The van der Waals surface area contributed by atoms with Gasteiger partial charge in [-0.25, -0.2) is 0 Å². The van der Waals surface area contributed by atoms with Gasteiger partial charge in [-0.05, 0) is 37.0 Å². The molecule has 1 aromatic heterocycles. The summed E-state index contributed by atoms with van der Waals surface area (Å²) in [6.45, 7) is 2.25. The Morgan fingerprint density at radius 1 is 1.44 bits per heavy atom. The van der Waals surface area contributed by atoms with Crippen LogP contribution in [0.25, 0.3) is 11.1 Å². The zero-order valence-corrected chi connectivity index (χ0v) is 9.23. The van der Waals surface area contributed by atoms with Crippen LogP contribution >= 0.6 is 0 Å². The molecule has 16 heavy (non-hydrogen) atoms. The van der Waals surface area contributed by atoms with E-state index < -0.39 is 0 Å². The number of hydrogen-bond acceptors (Lipinski definition) is 4. The lowest BCUT2D eigenvalue weighted by atomic mass is 9.82. The van der Waals surface area contributed by atoms with Crippen molar-refractivity contribution in [1.82, 2.24) is 4.98 Å². The highest BCUT2D eigenvalue weighted by Crippen LogP contribution is 2.30. The molecule has 0 saturated heterocycles. The van der Waals surface area contributed by atoms with E-state index in [1.165, 1.54) is 12.8 Å². The molecule has 3 N–H and O–H groups in total. The maximum Gasteiger partial charge on any atom is 0.295 e. The topological polar surface area (TPSA) is 64.1 Å². The Balaban J connectivity index is 1.82. The van der Waals surface area contributed by atoms with E-state index in [0.29, 0.717) is 17.7 Å². The molecular weight excluding hydrogens is 202 g/mol. The summed E-state index contributed by atoms with van der Waals surface area (Å²) in [4.78, 5) is 4.36. The number of benzene rings is 1. The number of oxazole rings is 1. The molecule has 0 radical (unpaired) electrons. The van der Waals surface area contributed by atoms with E-state index in [1.807, 2.05) is 18.2 Å². The monoisotopic (exact) mass is 217 g/mol. The van der Waals surface area contributed by atoms with E-state index in [9.17, 15) is 0 Å². The van der Waals surface area contributed by atoms with Crippen LogP contribution in [-0.2, 0) is 0 Å². The first-order valence-corrected chi connectivity index (χ1v) is 5.63. The molecule has 4 nitrogen and oxygen atoms in total. The fourth-order valence-electron chi connectivity index (χ4n) is 2.20. The van der Waals surface area contributed by atoms with Crippen LogP contribution in [0.2, 0.25) is 0 Å². The summed E-state index contributed by atoms with van der Waals surface area (Å²) in [6, 6.07) is 6.63. The van der Waals surface area contributed by atoms with E-state index in [-0.39, 0.29) is 0 Å². The van der Waals surface area contributed by atoms with Crippen LogP contribution < -0.4 is 11.1 Å².